The maximum absolute atomic E-state index is 12.2. The molecule has 0 unspecified atom stereocenters. The van der Waals surface area contributed by atoms with Crippen LogP contribution in [0.25, 0.3) is 0 Å². The lowest BCUT2D eigenvalue weighted by Gasteiger charge is -2.28. The maximum Gasteiger partial charge on any atom is 0.254 e. The minimum absolute atomic E-state index is 0.0161. The largest absolute Gasteiger partial charge is 0.310 e. The fourth-order valence-corrected chi connectivity index (χ4v) is 2.96. The van der Waals surface area contributed by atoms with E-state index in [9.17, 15) is 4.79 Å². The minimum atomic E-state index is 0.0161. The highest BCUT2D eigenvalue weighted by molar-refractivity contribution is 5.39. The van der Waals surface area contributed by atoms with Crippen LogP contribution in [0.2, 0.25) is 0 Å². The van der Waals surface area contributed by atoms with Crippen LogP contribution >= 0.6 is 0 Å². The minimum Gasteiger partial charge on any atom is -0.310 e. The Balaban J connectivity index is 1.85. The smallest absolute Gasteiger partial charge is 0.254 e. The summed E-state index contributed by atoms with van der Waals surface area (Å²) in [6.07, 6.45) is 6.31. The molecule has 1 aromatic carbocycles. The SMILES string of the molecule is C#Cc1ccccc1CN1CCc2c(nc(C(C)C)[nH]c2=O)C1. The molecule has 1 aliphatic rings. The summed E-state index contributed by atoms with van der Waals surface area (Å²) in [5.74, 6) is 3.72. The second-order valence-electron chi connectivity index (χ2n) is 6.29. The number of terminal acetylenes is 1. The van der Waals surface area contributed by atoms with E-state index in [-0.39, 0.29) is 11.5 Å². The van der Waals surface area contributed by atoms with E-state index in [1.165, 1.54) is 0 Å². The van der Waals surface area contributed by atoms with Crippen LogP contribution in [-0.4, -0.2) is 21.4 Å². The molecule has 2 aromatic rings. The zero-order valence-corrected chi connectivity index (χ0v) is 13.6. The molecule has 3 rings (SSSR count). The van der Waals surface area contributed by atoms with Gasteiger partial charge in [0.25, 0.3) is 5.56 Å². The molecule has 1 aromatic heterocycles. The Morgan fingerprint density at radius 3 is 2.91 bits per heavy atom. The summed E-state index contributed by atoms with van der Waals surface area (Å²) in [7, 11) is 0. The van der Waals surface area contributed by atoms with Crippen LogP contribution in [0.15, 0.2) is 29.1 Å². The third kappa shape index (κ3) is 3.20. The molecule has 0 aliphatic carbocycles. The first kappa shape index (κ1) is 15.5. The van der Waals surface area contributed by atoms with Crippen LogP contribution in [0.1, 0.15) is 48.0 Å². The Morgan fingerprint density at radius 1 is 1.39 bits per heavy atom. The second kappa shape index (κ2) is 6.39. The number of nitrogens with zero attached hydrogens (tertiary/aromatic N) is 2. The number of benzene rings is 1. The Bertz CT molecular complexity index is 814. The van der Waals surface area contributed by atoms with E-state index >= 15 is 0 Å². The molecule has 0 atom stereocenters. The van der Waals surface area contributed by atoms with Gasteiger partial charge in [-0.15, -0.1) is 6.42 Å². The van der Waals surface area contributed by atoms with Crippen molar-refractivity contribution in [1.82, 2.24) is 14.9 Å². The molecule has 0 fully saturated rings. The summed E-state index contributed by atoms with van der Waals surface area (Å²) in [4.78, 5) is 22.1. The van der Waals surface area contributed by atoms with E-state index in [0.717, 1.165) is 47.7 Å². The molecule has 2 heterocycles. The van der Waals surface area contributed by atoms with Gasteiger partial charge >= 0.3 is 0 Å². The van der Waals surface area contributed by atoms with Gasteiger partial charge < -0.3 is 4.98 Å². The van der Waals surface area contributed by atoms with Crippen molar-refractivity contribution in [2.75, 3.05) is 6.54 Å². The Morgan fingerprint density at radius 2 is 2.17 bits per heavy atom. The van der Waals surface area contributed by atoms with Gasteiger partial charge in [0.05, 0.1) is 5.69 Å². The molecular weight excluding hydrogens is 286 g/mol. The van der Waals surface area contributed by atoms with Crippen molar-refractivity contribution in [3.8, 4) is 12.3 Å². The zero-order chi connectivity index (χ0) is 16.4. The molecular formula is C19H21N3O. The molecule has 0 spiro atoms. The van der Waals surface area contributed by atoms with E-state index in [2.05, 4.69) is 26.9 Å². The molecule has 4 heteroatoms. The monoisotopic (exact) mass is 307 g/mol. The summed E-state index contributed by atoms with van der Waals surface area (Å²) in [6.45, 7) is 6.39. The predicted octanol–water partition coefficient (Wildman–Crippen LogP) is 2.43. The van der Waals surface area contributed by atoms with Gasteiger partial charge in [-0.05, 0) is 18.1 Å². The standard InChI is InChI=1S/C19H21N3O/c1-4-14-7-5-6-8-15(14)11-22-10-9-16-17(12-22)20-18(13(2)3)21-19(16)23/h1,5-8,13H,9-12H2,2-3H3,(H,20,21,23). The summed E-state index contributed by atoms with van der Waals surface area (Å²) >= 11 is 0. The molecule has 0 radical (unpaired) electrons. The van der Waals surface area contributed by atoms with Gasteiger partial charge in [-0.3, -0.25) is 9.69 Å². The first-order valence-electron chi connectivity index (χ1n) is 7.97. The Labute approximate surface area is 136 Å². The van der Waals surface area contributed by atoms with Crippen LogP contribution in [0.3, 0.4) is 0 Å². The van der Waals surface area contributed by atoms with E-state index in [1.807, 2.05) is 32.0 Å². The fourth-order valence-electron chi connectivity index (χ4n) is 2.96. The Kier molecular flexibility index (Phi) is 4.31. The molecule has 0 saturated carbocycles. The van der Waals surface area contributed by atoms with E-state index < -0.39 is 0 Å². The maximum atomic E-state index is 12.2. The highest BCUT2D eigenvalue weighted by Gasteiger charge is 2.22. The molecule has 0 bridgehead atoms. The van der Waals surface area contributed by atoms with Crippen molar-refractivity contribution >= 4 is 0 Å². The number of nitrogens with one attached hydrogen (secondary N) is 1. The number of rotatable bonds is 3. The highest BCUT2D eigenvalue weighted by atomic mass is 16.1. The van der Waals surface area contributed by atoms with Gasteiger partial charge in [0.15, 0.2) is 0 Å². The van der Waals surface area contributed by atoms with Gasteiger partial charge in [-0.25, -0.2) is 4.98 Å². The van der Waals surface area contributed by atoms with E-state index in [4.69, 9.17) is 6.42 Å². The van der Waals surface area contributed by atoms with E-state index in [1.54, 1.807) is 0 Å². The van der Waals surface area contributed by atoms with Gasteiger partial charge in [-0.2, -0.15) is 0 Å². The second-order valence-corrected chi connectivity index (χ2v) is 6.29. The van der Waals surface area contributed by atoms with Crippen LogP contribution < -0.4 is 5.56 Å². The number of hydrogen-bond donors (Lipinski definition) is 1. The van der Waals surface area contributed by atoms with E-state index in [0.29, 0.717) is 6.54 Å². The fraction of sp³-hybridized carbons (Fsp3) is 0.368. The highest BCUT2D eigenvalue weighted by Crippen LogP contribution is 2.19. The molecule has 1 N–H and O–H groups in total. The van der Waals surface area contributed by atoms with Gasteiger partial charge in [-0.1, -0.05) is 38.0 Å². The van der Waals surface area contributed by atoms with Gasteiger partial charge in [0.1, 0.15) is 5.82 Å². The summed E-state index contributed by atoms with van der Waals surface area (Å²) in [6, 6.07) is 8.00. The topological polar surface area (TPSA) is 49.0 Å². The number of aromatic amines is 1. The normalized spacial score (nSPS) is 14.5. The lowest BCUT2D eigenvalue weighted by atomic mass is 10.0. The number of fused-ring (bicyclic) bond motifs is 1. The van der Waals surface area contributed by atoms with Gasteiger partial charge in [0, 0.05) is 36.7 Å². The summed E-state index contributed by atoms with van der Waals surface area (Å²) in [5, 5.41) is 0. The van der Waals surface area contributed by atoms with Crippen molar-refractivity contribution in [3.05, 3.63) is 62.8 Å². The van der Waals surface area contributed by atoms with Crippen molar-refractivity contribution in [3.63, 3.8) is 0 Å². The lowest BCUT2D eigenvalue weighted by molar-refractivity contribution is 0.239. The number of aromatic nitrogens is 2. The molecule has 4 nitrogen and oxygen atoms in total. The van der Waals surface area contributed by atoms with Crippen LogP contribution in [0.5, 0.6) is 0 Å². The summed E-state index contributed by atoms with van der Waals surface area (Å²) in [5.41, 5.74) is 3.83. The molecule has 1 aliphatic heterocycles. The predicted molar refractivity (Wildman–Crippen MR) is 91.1 cm³/mol. The van der Waals surface area contributed by atoms with Crippen LogP contribution in [0.4, 0.5) is 0 Å². The van der Waals surface area contributed by atoms with Crippen molar-refractivity contribution < 1.29 is 0 Å². The zero-order valence-electron chi connectivity index (χ0n) is 13.6. The van der Waals surface area contributed by atoms with Crippen LogP contribution in [-0.2, 0) is 19.5 Å². The molecule has 0 saturated heterocycles. The molecule has 118 valence electrons. The molecule has 23 heavy (non-hydrogen) atoms. The van der Waals surface area contributed by atoms with Gasteiger partial charge in [0.2, 0.25) is 0 Å². The van der Waals surface area contributed by atoms with Crippen molar-refractivity contribution in [1.29, 1.82) is 0 Å². The third-order valence-electron chi connectivity index (χ3n) is 4.28. The molecule has 0 amide bonds. The summed E-state index contributed by atoms with van der Waals surface area (Å²) < 4.78 is 0. The number of H-pyrrole nitrogens is 1. The first-order chi connectivity index (χ1) is 11.1. The first-order valence-corrected chi connectivity index (χ1v) is 7.97. The average Bonchev–Trinajstić information content (AvgIpc) is 2.55. The van der Waals surface area contributed by atoms with Crippen molar-refractivity contribution in [2.24, 2.45) is 0 Å². The average molecular weight is 307 g/mol. The third-order valence-corrected chi connectivity index (χ3v) is 4.28. The quantitative estimate of drug-likeness (QED) is 0.886. The van der Waals surface area contributed by atoms with Crippen molar-refractivity contribution in [2.45, 2.75) is 39.3 Å². The van der Waals surface area contributed by atoms with Crippen LogP contribution in [0, 0.1) is 12.3 Å². The Hall–Kier alpha value is -2.38. The lowest BCUT2D eigenvalue weighted by Crippen LogP contribution is -2.35. The number of hydrogen-bond acceptors (Lipinski definition) is 3.